The molecule has 0 saturated heterocycles. The molecule has 0 aromatic heterocycles. The molecule has 66 valence electrons. The quantitative estimate of drug-likeness (QED) is 0.609. The van der Waals surface area contributed by atoms with Crippen LogP contribution in [0.5, 0.6) is 0 Å². The van der Waals surface area contributed by atoms with Gasteiger partial charge in [0.15, 0.2) is 0 Å². The molecule has 0 amide bonds. The third-order valence-electron chi connectivity index (χ3n) is 1.08. The van der Waals surface area contributed by atoms with Crippen molar-refractivity contribution in [3.05, 3.63) is 10.1 Å². The number of hydrogen-bond donors (Lipinski definition) is 0. The van der Waals surface area contributed by atoms with Crippen LogP contribution in [0.1, 0.15) is 6.92 Å². The van der Waals surface area contributed by atoms with Crippen LogP contribution < -0.4 is 0 Å². The van der Waals surface area contributed by atoms with E-state index in [1.807, 2.05) is 0 Å². The van der Waals surface area contributed by atoms with Crippen molar-refractivity contribution < 1.29 is 19.1 Å². The molecule has 0 fully saturated rings. The van der Waals surface area contributed by atoms with E-state index in [1.54, 1.807) is 0 Å². The summed E-state index contributed by atoms with van der Waals surface area (Å²) < 4.78 is 8.98. The van der Waals surface area contributed by atoms with Crippen molar-refractivity contribution in [1.29, 1.82) is 0 Å². The highest BCUT2D eigenvalue weighted by Crippen LogP contribution is 2.29. The minimum Gasteiger partial charge on any atom is -0.420 e. The summed E-state index contributed by atoms with van der Waals surface area (Å²) in [5.41, 5.74) is 0. The Labute approximate surface area is 78.0 Å². The number of cyclic esters (lactones) is 1. The van der Waals surface area contributed by atoms with E-state index in [0.29, 0.717) is 0 Å². The Morgan fingerprint density at radius 3 is 2.50 bits per heavy atom. The molecule has 1 aliphatic rings. The summed E-state index contributed by atoms with van der Waals surface area (Å²) in [6, 6.07) is 0. The lowest BCUT2D eigenvalue weighted by atomic mass is 10.5. The van der Waals surface area contributed by atoms with Crippen molar-refractivity contribution >= 4 is 35.1 Å². The number of carbonyl (C=O) groups is 2. The fourth-order valence-corrected chi connectivity index (χ4v) is 0.928. The fraction of sp³-hybridized carbons (Fsp3) is 0.333. The second-order valence-electron chi connectivity index (χ2n) is 2.01. The number of esters is 2. The predicted molar refractivity (Wildman–Crippen MR) is 40.4 cm³/mol. The largest absolute Gasteiger partial charge is 0.420 e. The highest BCUT2D eigenvalue weighted by atomic mass is 35.5. The average molecular weight is 211 g/mol. The minimum absolute atomic E-state index is 0.100. The molecule has 1 heterocycles. The molecule has 1 unspecified atom stereocenters. The molecule has 0 spiro atoms. The van der Waals surface area contributed by atoms with E-state index in [9.17, 15) is 9.59 Å². The number of ether oxygens (including phenoxy) is 2. The highest BCUT2D eigenvalue weighted by Gasteiger charge is 2.34. The lowest BCUT2D eigenvalue weighted by Crippen LogP contribution is -2.17. The summed E-state index contributed by atoms with van der Waals surface area (Å²) in [7, 11) is 0. The van der Waals surface area contributed by atoms with Crippen molar-refractivity contribution in [2.45, 2.75) is 13.2 Å². The Kier molecular flexibility index (Phi) is 2.59. The van der Waals surface area contributed by atoms with Gasteiger partial charge < -0.3 is 9.47 Å². The summed E-state index contributed by atoms with van der Waals surface area (Å²) in [5, 5.41) is -0.347. The van der Waals surface area contributed by atoms with E-state index in [-0.39, 0.29) is 10.1 Å². The van der Waals surface area contributed by atoms with Gasteiger partial charge in [0, 0.05) is 6.92 Å². The molecule has 12 heavy (non-hydrogen) atoms. The van der Waals surface area contributed by atoms with Crippen molar-refractivity contribution in [3.63, 3.8) is 0 Å². The second-order valence-corrected chi connectivity index (χ2v) is 2.79. The van der Waals surface area contributed by atoms with Crippen LogP contribution in [-0.2, 0) is 19.1 Å². The standard InChI is InChI=1S/C6H4Cl2O4/c1-2(9)11-6-4(8)3(7)5(10)12-6/h6H,1H3. The number of rotatable bonds is 1. The molecule has 1 rings (SSSR count). The van der Waals surface area contributed by atoms with Gasteiger partial charge in [-0.25, -0.2) is 4.79 Å². The van der Waals surface area contributed by atoms with Crippen LogP contribution in [0.3, 0.4) is 0 Å². The number of carbonyl (C=O) groups excluding carboxylic acids is 2. The van der Waals surface area contributed by atoms with Crippen molar-refractivity contribution in [1.82, 2.24) is 0 Å². The predicted octanol–water partition coefficient (Wildman–Crippen LogP) is 1.12. The molecule has 4 nitrogen and oxygen atoms in total. The third-order valence-corrected chi connectivity index (χ3v) is 1.90. The molecule has 0 bridgehead atoms. The second kappa shape index (κ2) is 3.33. The van der Waals surface area contributed by atoms with Crippen LogP contribution in [0.4, 0.5) is 0 Å². The molecule has 6 heteroatoms. The summed E-state index contributed by atoms with van der Waals surface area (Å²) in [6.45, 7) is 1.17. The van der Waals surface area contributed by atoms with E-state index >= 15 is 0 Å². The van der Waals surface area contributed by atoms with Crippen LogP contribution >= 0.6 is 23.2 Å². The van der Waals surface area contributed by atoms with Gasteiger partial charge >= 0.3 is 11.9 Å². The first-order valence-electron chi connectivity index (χ1n) is 2.95. The van der Waals surface area contributed by atoms with Crippen molar-refractivity contribution in [2.24, 2.45) is 0 Å². The van der Waals surface area contributed by atoms with Gasteiger partial charge in [0.2, 0.25) is 0 Å². The Hall–Kier alpha value is -0.740. The van der Waals surface area contributed by atoms with Gasteiger partial charge in [-0.1, -0.05) is 23.2 Å². The lowest BCUT2D eigenvalue weighted by molar-refractivity contribution is -0.171. The van der Waals surface area contributed by atoms with E-state index in [4.69, 9.17) is 23.2 Å². The Morgan fingerprint density at radius 1 is 1.58 bits per heavy atom. The summed E-state index contributed by atoms with van der Waals surface area (Å²) in [5.74, 6) is -1.38. The van der Waals surface area contributed by atoms with E-state index in [2.05, 4.69) is 9.47 Å². The molecule has 0 N–H and O–H groups in total. The van der Waals surface area contributed by atoms with E-state index in [0.717, 1.165) is 0 Å². The van der Waals surface area contributed by atoms with Crippen LogP contribution in [0, 0.1) is 0 Å². The first-order valence-corrected chi connectivity index (χ1v) is 3.71. The van der Waals surface area contributed by atoms with Gasteiger partial charge in [0.25, 0.3) is 6.29 Å². The van der Waals surface area contributed by atoms with Crippen LogP contribution in [-0.4, -0.2) is 18.2 Å². The first kappa shape index (κ1) is 9.35. The van der Waals surface area contributed by atoms with Crippen LogP contribution in [0.25, 0.3) is 0 Å². The topological polar surface area (TPSA) is 52.6 Å². The molecule has 1 atom stereocenters. The molecular formula is C6H4Cl2O4. The van der Waals surface area contributed by atoms with Gasteiger partial charge in [-0.2, -0.15) is 0 Å². The summed E-state index contributed by atoms with van der Waals surface area (Å²) >= 11 is 10.9. The zero-order chi connectivity index (χ0) is 9.30. The number of hydrogen-bond acceptors (Lipinski definition) is 4. The molecule has 1 aliphatic heterocycles. The molecule has 0 radical (unpaired) electrons. The molecular weight excluding hydrogens is 207 g/mol. The van der Waals surface area contributed by atoms with Gasteiger partial charge in [-0.15, -0.1) is 0 Å². The molecule has 0 aromatic carbocycles. The highest BCUT2D eigenvalue weighted by molar-refractivity contribution is 6.48. The monoisotopic (exact) mass is 210 g/mol. The smallest absolute Gasteiger partial charge is 0.354 e. The SMILES string of the molecule is CC(=O)OC1OC(=O)C(Cl)=C1Cl. The van der Waals surface area contributed by atoms with Crippen molar-refractivity contribution in [2.75, 3.05) is 0 Å². The normalized spacial score (nSPS) is 22.6. The summed E-state index contributed by atoms with van der Waals surface area (Å²) in [6.07, 6.45) is -1.18. The first-order chi connectivity index (χ1) is 5.52. The van der Waals surface area contributed by atoms with Gasteiger partial charge in [-0.3, -0.25) is 4.79 Å². The van der Waals surface area contributed by atoms with Gasteiger partial charge in [-0.05, 0) is 0 Å². The van der Waals surface area contributed by atoms with Crippen molar-refractivity contribution in [3.8, 4) is 0 Å². The molecule has 0 aliphatic carbocycles. The van der Waals surface area contributed by atoms with Crippen LogP contribution in [0.15, 0.2) is 10.1 Å². The maximum atomic E-state index is 10.7. The fourth-order valence-electron chi connectivity index (χ4n) is 0.628. The number of halogens is 2. The van der Waals surface area contributed by atoms with Gasteiger partial charge in [0.1, 0.15) is 10.1 Å². The Morgan fingerprint density at radius 2 is 2.17 bits per heavy atom. The molecule has 0 saturated carbocycles. The van der Waals surface area contributed by atoms with E-state index < -0.39 is 18.2 Å². The average Bonchev–Trinajstić information content (AvgIpc) is 2.17. The Balaban J connectivity index is 2.73. The zero-order valence-corrected chi connectivity index (χ0v) is 7.48. The van der Waals surface area contributed by atoms with Crippen LogP contribution in [0.2, 0.25) is 0 Å². The summed E-state index contributed by atoms with van der Waals surface area (Å²) in [4.78, 5) is 21.1. The maximum Gasteiger partial charge on any atom is 0.354 e. The van der Waals surface area contributed by atoms with E-state index in [1.165, 1.54) is 6.92 Å². The van der Waals surface area contributed by atoms with Gasteiger partial charge in [0.05, 0.1) is 0 Å². The lowest BCUT2D eigenvalue weighted by Gasteiger charge is -2.08. The zero-order valence-electron chi connectivity index (χ0n) is 5.97. The minimum atomic E-state index is -1.18. The maximum absolute atomic E-state index is 10.7. The Bertz CT molecular complexity index is 271. The third kappa shape index (κ3) is 1.70. The molecule has 0 aromatic rings.